The van der Waals surface area contributed by atoms with E-state index in [0.717, 1.165) is 11.1 Å². The molecule has 0 radical (unpaired) electrons. The van der Waals surface area contributed by atoms with Gasteiger partial charge < -0.3 is 10.1 Å². The lowest BCUT2D eigenvalue weighted by Crippen LogP contribution is -2.32. The van der Waals surface area contributed by atoms with E-state index in [9.17, 15) is 14.4 Å². The van der Waals surface area contributed by atoms with Gasteiger partial charge in [-0.2, -0.15) is 0 Å². The van der Waals surface area contributed by atoms with Gasteiger partial charge in [0.25, 0.3) is 5.91 Å². The summed E-state index contributed by atoms with van der Waals surface area (Å²) in [6.45, 7) is 0.164. The number of urea groups is 1. The summed E-state index contributed by atoms with van der Waals surface area (Å²) < 4.78 is 4.65. The SMILES string of the molecule is COC(=O)c1ccc(CN2C(=O)NC(Cc3ccccc3)C2=O)cc1. The number of rotatable bonds is 5. The van der Waals surface area contributed by atoms with E-state index in [1.54, 1.807) is 24.3 Å². The summed E-state index contributed by atoms with van der Waals surface area (Å²) in [6.07, 6.45) is 0.461. The van der Waals surface area contributed by atoms with Crippen LogP contribution in [-0.4, -0.2) is 36.0 Å². The van der Waals surface area contributed by atoms with Gasteiger partial charge in [-0.25, -0.2) is 9.59 Å². The van der Waals surface area contributed by atoms with E-state index in [2.05, 4.69) is 10.1 Å². The van der Waals surface area contributed by atoms with Crippen molar-refractivity contribution in [3.8, 4) is 0 Å². The largest absolute Gasteiger partial charge is 0.465 e. The number of ether oxygens (including phenoxy) is 1. The monoisotopic (exact) mass is 338 g/mol. The molecule has 0 spiro atoms. The zero-order valence-corrected chi connectivity index (χ0v) is 13.8. The van der Waals surface area contributed by atoms with E-state index in [1.165, 1.54) is 12.0 Å². The first-order valence-corrected chi connectivity index (χ1v) is 7.91. The molecule has 3 rings (SSSR count). The lowest BCUT2D eigenvalue weighted by molar-refractivity contribution is -0.127. The summed E-state index contributed by atoms with van der Waals surface area (Å²) >= 11 is 0. The van der Waals surface area contributed by atoms with Crippen molar-refractivity contribution >= 4 is 17.9 Å². The zero-order valence-electron chi connectivity index (χ0n) is 13.8. The number of benzene rings is 2. The number of carbonyl (C=O) groups excluding carboxylic acids is 3. The van der Waals surface area contributed by atoms with Crippen LogP contribution in [0.5, 0.6) is 0 Å². The first kappa shape index (κ1) is 16.7. The van der Waals surface area contributed by atoms with E-state index in [-0.39, 0.29) is 12.5 Å². The normalized spacial score (nSPS) is 16.7. The van der Waals surface area contributed by atoms with Gasteiger partial charge in [0.05, 0.1) is 19.2 Å². The quantitative estimate of drug-likeness (QED) is 0.669. The minimum Gasteiger partial charge on any atom is -0.465 e. The summed E-state index contributed by atoms with van der Waals surface area (Å²) in [5, 5.41) is 2.72. The van der Waals surface area contributed by atoms with Crippen LogP contribution in [0.4, 0.5) is 4.79 Å². The van der Waals surface area contributed by atoms with Crippen LogP contribution in [0, 0.1) is 0 Å². The van der Waals surface area contributed by atoms with E-state index >= 15 is 0 Å². The highest BCUT2D eigenvalue weighted by Crippen LogP contribution is 2.16. The number of hydrogen-bond acceptors (Lipinski definition) is 4. The topological polar surface area (TPSA) is 75.7 Å². The summed E-state index contributed by atoms with van der Waals surface area (Å²) in [5.74, 6) is -0.671. The summed E-state index contributed by atoms with van der Waals surface area (Å²) in [5.41, 5.74) is 2.17. The van der Waals surface area contributed by atoms with Gasteiger partial charge in [-0.15, -0.1) is 0 Å². The highest BCUT2D eigenvalue weighted by molar-refractivity contribution is 6.04. The summed E-state index contributed by atoms with van der Waals surface area (Å²) in [6, 6.07) is 15.2. The molecule has 6 heteroatoms. The molecule has 1 atom stereocenters. The molecule has 128 valence electrons. The van der Waals surface area contributed by atoms with Crippen LogP contribution in [0.25, 0.3) is 0 Å². The summed E-state index contributed by atoms with van der Waals surface area (Å²) in [7, 11) is 1.32. The predicted molar refractivity (Wildman–Crippen MR) is 90.8 cm³/mol. The Morgan fingerprint density at radius 3 is 2.36 bits per heavy atom. The van der Waals surface area contributed by atoms with E-state index in [1.807, 2.05) is 30.3 Å². The Kier molecular flexibility index (Phi) is 4.79. The highest BCUT2D eigenvalue weighted by atomic mass is 16.5. The standard InChI is InChI=1S/C19H18N2O4/c1-25-18(23)15-9-7-14(8-10-15)12-21-17(22)16(20-19(21)24)11-13-5-3-2-4-6-13/h2-10,16H,11-12H2,1H3,(H,20,24). The van der Waals surface area contributed by atoms with E-state index in [0.29, 0.717) is 12.0 Å². The molecule has 3 amide bonds. The molecule has 2 aromatic rings. The third kappa shape index (κ3) is 3.68. The highest BCUT2D eigenvalue weighted by Gasteiger charge is 2.37. The Labute approximate surface area is 145 Å². The molecular weight excluding hydrogens is 320 g/mol. The Morgan fingerprint density at radius 1 is 1.04 bits per heavy atom. The number of imide groups is 1. The van der Waals surface area contributed by atoms with Crippen LogP contribution in [0.15, 0.2) is 54.6 Å². The molecule has 1 aliphatic heterocycles. The number of esters is 1. The van der Waals surface area contributed by atoms with Crippen molar-refractivity contribution in [3.05, 3.63) is 71.3 Å². The fourth-order valence-electron chi connectivity index (χ4n) is 2.76. The second-order valence-electron chi connectivity index (χ2n) is 5.80. The molecule has 1 fully saturated rings. The van der Waals surface area contributed by atoms with Gasteiger partial charge in [-0.05, 0) is 23.3 Å². The molecule has 1 unspecified atom stereocenters. The fraction of sp³-hybridized carbons (Fsp3) is 0.211. The number of nitrogens with zero attached hydrogens (tertiary/aromatic N) is 1. The molecular formula is C19H18N2O4. The molecule has 1 aliphatic rings. The maximum absolute atomic E-state index is 12.5. The smallest absolute Gasteiger partial charge is 0.337 e. The van der Waals surface area contributed by atoms with Gasteiger partial charge in [-0.3, -0.25) is 9.69 Å². The number of hydrogen-bond donors (Lipinski definition) is 1. The van der Waals surface area contributed by atoms with Crippen molar-refractivity contribution in [1.29, 1.82) is 0 Å². The van der Waals surface area contributed by atoms with Crippen LogP contribution in [0.3, 0.4) is 0 Å². The Hall–Kier alpha value is -3.15. The minimum absolute atomic E-state index is 0.164. The van der Waals surface area contributed by atoms with Gasteiger partial charge in [0, 0.05) is 6.42 Å². The van der Waals surface area contributed by atoms with Gasteiger partial charge in [0.2, 0.25) is 0 Å². The molecule has 0 saturated carbocycles. The molecule has 1 saturated heterocycles. The molecule has 0 bridgehead atoms. The van der Waals surface area contributed by atoms with Crippen molar-refractivity contribution in [1.82, 2.24) is 10.2 Å². The molecule has 1 N–H and O–H groups in total. The third-order valence-electron chi connectivity index (χ3n) is 4.11. The van der Waals surface area contributed by atoms with Crippen LogP contribution in [0.2, 0.25) is 0 Å². The van der Waals surface area contributed by atoms with E-state index in [4.69, 9.17) is 0 Å². The number of carbonyl (C=O) groups is 3. The van der Waals surface area contributed by atoms with Crippen molar-refractivity contribution in [2.24, 2.45) is 0 Å². The second kappa shape index (κ2) is 7.17. The Morgan fingerprint density at radius 2 is 1.72 bits per heavy atom. The van der Waals surface area contributed by atoms with Gasteiger partial charge in [0.15, 0.2) is 0 Å². The fourth-order valence-corrected chi connectivity index (χ4v) is 2.76. The average Bonchev–Trinajstić information content (AvgIpc) is 2.90. The summed E-state index contributed by atoms with van der Waals surface area (Å²) in [4.78, 5) is 37.3. The van der Waals surface area contributed by atoms with Gasteiger partial charge in [-0.1, -0.05) is 42.5 Å². The molecule has 25 heavy (non-hydrogen) atoms. The number of methoxy groups -OCH3 is 1. The third-order valence-corrected chi connectivity index (χ3v) is 4.11. The Bertz CT molecular complexity index is 787. The zero-order chi connectivity index (χ0) is 17.8. The van der Waals surface area contributed by atoms with Gasteiger partial charge >= 0.3 is 12.0 Å². The first-order valence-electron chi connectivity index (χ1n) is 7.91. The Balaban J connectivity index is 1.67. The molecule has 6 nitrogen and oxygen atoms in total. The molecule has 0 aliphatic carbocycles. The average molecular weight is 338 g/mol. The first-order chi connectivity index (χ1) is 12.1. The van der Waals surface area contributed by atoms with Crippen LogP contribution < -0.4 is 5.32 Å². The van der Waals surface area contributed by atoms with Crippen molar-refractivity contribution in [2.45, 2.75) is 19.0 Å². The molecule has 2 aromatic carbocycles. The second-order valence-corrected chi connectivity index (χ2v) is 5.80. The predicted octanol–water partition coefficient (Wildman–Crippen LogP) is 2.14. The van der Waals surface area contributed by atoms with Gasteiger partial charge in [0.1, 0.15) is 6.04 Å². The van der Waals surface area contributed by atoms with E-state index < -0.39 is 18.0 Å². The maximum atomic E-state index is 12.5. The van der Waals surface area contributed by atoms with Crippen LogP contribution >= 0.6 is 0 Å². The van der Waals surface area contributed by atoms with Crippen molar-refractivity contribution < 1.29 is 19.1 Å². The molecule has 0 aromatic heterocycles. The van der Waals surface area contributed by atoms with Crippen molar-refractivity contribution in [3.63, 3.8) is 0 Å². The molecule has 1 heterocycles. The number of amides is 3. The van der Waals surface area contributed by atoms with Crippen LogP contribution in [-0.2, 0) is 22.5 Å². The lowest BCUT2D eigenvalue weighted by Gasteiger charge is -2.13. The van der Waals surface area contributed by atoms with Crippen LogP contribution in [0.1, 0.15) is 21.5 Å². The lowest BCUT2D eigenvalue weighted by atomic mass is 10.1. The van der Waals surface area contributed by atoms with Crippen molar-refractivity contribution in [2.75, 3.05) is 7.11 Å². The number of nitrogens with one attached hydrogen (secondary N) is 1. The maximum Gasteiger partial charge on any atom is 0.337 e. The minimum atomic E-state index is -0.552.